The molecule has 0 bridgehead atoms. The second kappa shape index (κ2) is 7.02. The summed E-state index contributed by atoms with van der Waals surface area (Å²) in [6, 6.07) is 0. The van der Waals surface area contributed by atoms with Crippen LogP contribution in [-0.2, 0) is 9.47 Å². The summed E-state index contributed by atoms with van der Waals surface area (Å²) in [5, 5.41) is 0. The lowest BCUT2D eigenvalue weighted by Crippen LogP contribution is -2.11. The van der Waals surface area contributed by atoms with E-state index in [4.69, 9.17) is 9.47 Å². The maximum absolute atomic E-state index is 5.60. The molecule has 2 heteroatoms. The van der Waals surface area contributed by atoms with Crippen LogP contribution in [0.2, 0.25) is 0 Å². The third kappa shape index (κ3) is 4.25. The Morgan fingerprint density at radius 3 is 3.00 bits per heavy atom. The molecule has 82 valence electrons. The van der Waals surface area contributed by atoms with Gasteiger partial charge >= 0.3 is 0 Å². The molecule has 1 saturated heterocycles. The van der Waals surface area contributed by atoms with Gasteiger partial charge in [0.25, 0.3) is 0 Å². The van der Waals surface area contributed by atoms with E-state index in [1.807, 2.05) is 0 Å². The standard InChI is InChI=1S/C12H22O2/c1-3-5-7-11-9-12(14-10-11)13-8-6-4-2/h5,7,11-12H,3-4,6,8-10H2,1-2H3/b7-5+. The minimum atomic E-state index is 0.0491. The average Bonchev–Trinajstić information content (AvgIpc) is 2.63. The Labute approximate surface area is 87.3 Å². The van der Waals surface area contributed by atoms with Crippen molar-refractivity contribution in [2.24, 2.45) is 5.92 Å². The number of ether oxygens (including phenoxy) is 2. The predicted octanol–water partition coefficient (Wildman–Crippen LogP) is 3.13. The lowest BCUT2D eigenvalue weighted by molar-refractivity contribution is -0.111. The topological polar surface area (TPSA) is 18.5 Å². The van der Waals surface area contributed by atoms with Gasteiger partial charge < -0.3 is 9.47 Å². The Morgan fingerprint density at radius 1 is 1.43 bits per heavy atom. The molecule has 0 N–H and O–H groups in total. The van der Waals surface area contributed by atoms with E-state index >= 15 is 0 Å². The van der Waals surface area contributed by atoms with Crippen molar-refractivity contribution in [2.45, 2.75) is 45.8 Å². The normalized spacial score (nSPS) is 27.6. The lowest BCUT2D eigenvalue weighted by Gasteiger charge is -2.09. The van der Waals surface area contributed by atoms with Gasteiger partial charge in [-0.15, -0.1) is 0 Å². The van der Waals surface area contributed by atoms with E-state index in [9.17, 15) is 0 Å². The summed E-state index contributed by atoms with van der Waals surface area (Å²) in [7, 11) is 0. The van der Waals surface area contributed by atoms with E-state index in [-0.39, 0.29) is 6.29 Å². The van der Waals surface area contributed by atoms with Crippen molar-refractivity contribution in [2.75, 3.05) is 13.2 Å². The molecule has 1 heterocycles. The van der Waals surface area contributed by atoms with Gasteiger partial charge in [-0.3, -0.25) is 0 Å². The molecule has 0 spiro atoms. The largest absolute Gasteiger partial charge is 0.353 e. The highest BCUT2D eigenvalue weighted by atomic mass is 16.7. The number of hydrogen-bond acceptors (Lipinski definition) is 2. The molecule has 2 atom stereocenters. The van der Waals surface area contributed by atoms with Crippen molar-refractivity contribution in [3.8, 4) is 0 Å². The van der Waals surface area contributed by atoms with E-state index in [1.165, 1.54) is 6.42 Å². The van der Waals surface area contributed by atoms with Gasteiger partial charge in [-0.25, -0.2) is 0 Å². The molecule has 1 aliphatic rings. The molecule has 1 fully saturated rings. The second-order valence-electron chi connectivity index (χ2n) is 3.82. The van der Waals surface area contributed by atoms with Crippen LogP contribution in [0.25, 0.3) is 0 Å². The van der Waals surface area contributed by atoms with Gasteiger partial charge in [-0.1, -0.05) is 32.4 Å². The van der Waals surface area contributed by atoms with E-state index in [0.29, 0.717) is 5.92 Å². The van der Waals surface area contributed by atoms with Gasteiger partial charge in [0.2, 0.25) is 0 Å². The van der Waals surface area contributed by atoms with Crippen LogP contribution >= 0.6 is 0 Å². The van der Waals surface area contributed by atoms with Crippen molar-refractivity contribution in [1.82, 2.24) is 0 Å². The van der Waals surface area contributed by atoms with Gasteiger partial charge in [0, 0.05) is 18.9 Å². The van der Waals surface area contributed by atoms with Crippen molar-refractivity contribution in [3.63, 3.8) is 0 Å². The minimum Gasteiger partial charge on any atom is -0.353 e. The van der Waals surface area contributed by atoms with Gasteiger partial charge in [0.15, 0.2) is 6.29 Å². The number of hydrogen-bond donors (Lipinski definition) is 0. The highest BCUT2D eigenvalue weighted by molar-refractivity contribution is 4.90. The van der Waals surface area contributed by atoms with Gasteiger partial charge in [0.1, 0.15) is 0 Å². The summed E-state index contributed by atoms with van der Waals surface area (Å²) in [6.07, 6.45) is 8.97. The summed E-state index contributed by atoms with van der Waals surface area (Å²) >= 11 is 0. The first-order chi connectivity index (χ1) is 6.86. The summed E-state index contributed by atoms with van der Waals surface area (Å²) in [6.45, 7) is 5.99. The smallest absolute Gasteiger partial charge is 0.158 e. The molecule has 1 aliphatic heterocycles. The monoisotopic (exact) mass is 198 g/mol. The minimum absolute atomic E-state index is 0.0491. The van der Waals surface area contributed by atoms with E-state index < -0.39 is 0 Å². The third-order valence-electron chi connectivity index (χ3n) is 2.44. The number of rotatable bonds is 6. The van der Waals surface area contributed by atoms with Crippen LogP contribution in [0.3, 0.4) is 0 Å². The Bertz CT molecular complexity index is 166. The van der Waals surface area contributed by atoms with Crippen LogP contribution in [0, 0.1) is 5.92 Å². The molecular formula is C12H22O2. The van der Waals surface area contributed by atoms with Crippen molar-refractivity contribution in [3.05, 3.63) is 12.2 Å². The Hall–Kier alpha value is -0.340. The fourth-order valence-corrected chi connectivity index (χ4v) is 1.55. The van der Waals surface area contributed by atoms with Crippen LogP contribution in [0.1, 0.15) is 39.5 Å². The fraction of sp³-hybridized carbons (Fsp3) is 0.833. The van der Waals surface area contributed by atoms with Crippen LogP contribution in [0.4, 0.5) is 0 Å². The molecule has 0 aromatic carbocycles. The van der Waals surface area contributed by atoms with E-state index in [2.05, 4.69) is 26.0 Å². The van der Waals surface area contributed by atoms with Gasteiger partial charge in [0.05, 0.1) is 6.61 Å². The van der Waals surface area contributed by atoms with Gasteiger partial charge in [-0.2, -0.15) is 0 Å². The highest BCUT2D eigenvalue weighted by Crippen LogP contribution is 2.21. The number of unbranched alkanes of at least 4 members (excludes halogenated alkanes) is 1. The Morgan fingerprint density at radius 2 is 2.29 bits per heavy atom. The molecule has 0 aliphatic carbocycles. The second-order valence-corrected chi connectivity index (χ2v) is 3.82. The molecule has 1 rings (SSSR count). The third-order valence-corrected chi connectivity index (χ3v) is 2.44. The first kappa shape index (κ1) is 11.7. The molecule has 14 heavy (non-hydrogen) atoms. The van der Waals surface area contributed by atoms with Gasteiger partial charge in [-0.05, 0) is 12.8 Å². The van der Waals surface area contributed by atoms with Crippen molar-refractivity contribution in [1.29, 1.82) is 0 Å². The van der Waals surface area contributed by atoms with Crippen LogP contribution < -0.4 is 0 Å². The quantitative estimate of drug-likeness (QED) is 0.482. The molecular weight excluding hydrogens is 176 g/mol. The van der Waals surface area contributed by atoms with Crippen LogP contribution in [0.15, 0.2) is 12.2 Å². The first-order valence-corrected chi connectivity index (χ1v) is 5.76. The van der Waals surface area contributed by atoms with E-state index in [1.54, 1.807) is 0 Å². The Balaban J connectivity index is 2.11. The zero-order valence-corrected chi connectivity index (χ0v) is 9.37. The predicted molar refractivity (Wildman–Crippen MR) is 58.1 cm³/mol. The molecule has 0 radical (unpaired) electrons. The van der Waals surface area contributed by atoms with Crippen LogP contribution in [0.5, 0.6) is 0 Å². The highest BCUT2D eigenvalue weighted by Gasteiger charge is 2.23. The molecule has 2 nitrogen and oxygen atoms in total. The van der Waals surface area contributed by atoms with Crippen molar-refractivity contribution >= 4 is 0 Å². The molecule has 2 unspecified atom stereocenters. The summed E-state index contributed by atoms with van der Waals surface area (Å²) in [5.74, 6) is 0.571. The maximum atomic E-state index is 5.60. The number of allylic oxidation sites excluding steroid dienone is 1. The zero-order valence-electron chi connectivity index (χ0n) is 9.37. The summed E-state index contributed by atoms with van der Waals surface area (Å²) < 4.78 is 11.1. The Kier molecular flexibility index (Phi) is 5.88. The SMILES string of the molecule is CC/C=C/C1COC(OCCCC)C1. The lowest BCUT2D eigenvalue weighted by atomic mass is 10.1. The fourth-order valence-electron chi connectivity index (χ4n) is 1.55. The molecule has 0 aromatic heterocycles. The van der Waals surface area contributed by atoms with E-state index in [0.717, 1.165) is 32.5 Å². The zero-order chi connectivity index (χ0) is 10.2. The maximum Gasteiger partial charge on any atom is 0.158 e. The summed E-state index contributed by atoms with van der Waals surface area (Å²) in [5.41, 5.74) is 0. The van der Waals surface area contributed by atoms with Crippen LogP contribution in [-0.4, -0.2) is 19.5 Å². The molecule has 0 aromatic rings. The first-order valence-electron chi connectivity index (χ1n) is 5.76. The summed E-state index contributed by atoms with van der Waals surface area (Å²) in [4.78, 5) is 0. The average molecular weight is 198 g/mol. The van der Waals surface area contributed by atoms with Crippen molar-refractivity contribution < 1.29 is 9.47 Å². The molecule has 0 saturated carbocycles. The molecule has 0 amide bonds.